The van der Waals surface area contributed by atoms with Gasteiger partial charge in [0.1, 0.15) is 16.5 Å². The van der Waals surface area contributed by atoms with Gasteiger partial charge in [-0.1, -0.05) is 18.2 Å². The van der Waals surface area contributed by atoms with Crippen LogP contribution >= 0.6 is 0 Å². The average molecular weight is 520 g/mol. The number of benzene rings is 2. The number of nitrogens with one attached hydrogen (secondary N) is 2. The number of methoxy groups -OCH3 is 1. The Bertz CT molecular complexity index is 1720. The number of fused-ring (bicyclic) bond motifs is 1. The fourth-order valence-corrected chi connectivity index (χ4v) is 5.01. The van der Waals surface area contributed by atoms with Gasteiger partial charge in [0.05, 0.1) is 23.7 Å². The summed E-state index contributed by atoms with van der Waals surface area (Å²) in [5.41, 5.74) is 3.62. The maximum absolute atomic E-state index is 14.2. The van der Waals surface area contributed by atoms with Gasteiger partial charge in [-0.15, -0.1) is 0 Å². The third kappa shape index (κ3) is 4.94. The van der Waals surface area contributed by atoms with E-state index in [1.807, 2.05) is 6.92 Å². The molecule has 37 heavy (non-hydrogen) atoms. The highest BCUT2D eigenvalue weighted by Gasteiger charge is 2.20. The van der Waals surface area contributed by atoms with Gasteiger partial charge in [0.25, 0.3) is 10.0 Å². The summed E-state index contributed by atoms with van der Waals surface area (Å²) in [7, 11) is -2.59. The highest BCUT2D eigenvalue weighted by Crippen LogP contribution is 2.34. The van der Waals surface area contributed by atoms with Crippen LogP contribution in [-0.2, 0) is 10.0 Å². The van der Waals surface area contributed by atoms with Crippen molar-refractivity contribution in [3.8, 4) is 28.8 Å². The number of sulfonamides is 1. The Morgan fingerprint density at radius 3 is 2.54 bits per heavy atom. The van der Waals surface area contributed by atoms with Crippen LogP contribution in [0.15, 0.2) is 71.8 Å². The van der Waals surface area contributed by atoms with Gasteiger partial charge < -0.3 is 9.47 Å². The van der Waals surface area contributed by atoms with Crippen LogP contribution < -0.4 is 14.2 Å². The fourth-order valence-electron chi connectivity index (χ4n) is 3.78. The summed E-state index contributed by atoms with van der Waals surface area (Å²) < 4.78 is 53.3. The summed E-state index contributed by atoms with van der Waals surface area (Å²) >= 11 is 0. The van der Waals surface area contributed by atoms with Crippen LogP contribution in [0.5, 0.6) is 17.5 Å². The van der Waals surface area contributed by atoms with E-state index in [-0.39, 0.29) is 5.69 Å². The molecule has 3 heterocycles. The lowest BCUT2D eigenvalue weighted by Crippen LogP contribution is -2.14. The predicted octanol–water partition coefficient (Wildman–Crippen LogP) is 5.38. The lowest BCUT2D eigenvalue weighted by Gasteiger charge is -2.11. The molecule has 188 valence electrons. The van der Waals surface area contributed by atoms with Gasteiger partial charge >= 0.3 is 0 Å². The van der Waals surface area contributed by atoms with Gasteiger partial charge in [0.15, 0.2) is 0 Å². The molecule has 0 saturated carbocycles. The number of hydrogen-bond donors (Lipinski definition) is 2. The molecule has 0 aliphatic rings. The molecule has 0 amide bonds. The highest BCUT2D eigenvalue weighted by atomic mass is 32.2. The minimum Gasteiger partial charge on any atom is -0.481 e. The summed E-state index contributed by atoms with van der Waals surface area (Å²) in [6.45, 7) is 3.57. The molecule has 3 aromatic heterocycles. The van der Waals surface area contributed by atoms with Crippen LogP contribution in [-0.4, -0.2) is 35.7 Å². The van der Waals surface area contributed by atoms with E-state index >= 15 is 0 Å². The number of pyridine rings is 2. The molecule has 0 saturated heterocycles. The number of H-pyrrole nitrogens is 1. The summed E-state index contributed by atoms with van der Waals surface area (Å²) in [6, 6.07) is 15.6. The minimum atomic E-state index is -4.11. The van der Waals surface area contributed by atoms with E-state index in [2.05, 4.69) is 19.9 Å². The molecule has 2 N–H and O–H groups in total. The lowest BCUT2D eigenvalue weighted by atomic mass is 10.1. The SMILES string of the molecule is COc1cc(Oc2nc(-c3ccc(NS(=O)(=O)c4cc(C)ccc4F)cc3)cc3n[nH]c(C)c23)ccn1. The lowest BCUT2D eigenvalue weighted by molar-refractivity contribution is 0.391. The van der Waals surface area contributed by atoms with E-state index in [4.69, 9.17) is 14.5 Å². The molecular weight excluding hydrogens is 497 g/mol. The monoisotopic (exact) mass is 519 g/mol. The van der Waals surface area contributed by atoms with Gasteiger partial charge in [-0.25, -0.2) is 22.8 Å². The first-order valence-electron chi connectivity index (χ1n) is 11.2. The number of anilines is 1. The van der Waals surface area contributed by atoms with Crippen LogP contribution in [0.4, 0.5) is 10.1 Å². The molecular formula is C26H22FN5O4S. The van der Waals surface area contributed by atoms with Crippen LogP contribution in [0, 0.1) is 19.7 Å². The molecule has 5 rings (SSSR count). The van der Waals surface area contributed by atoms with Crippen molar-refractivity contribution in [2.45, 2.75) is 18.7 Å². The summed E-state index contributed by atoms with van der Waals surface area (Å²) in [5, 5.41) is 8.02. The molecule has 0 aliphatic carbocycles. The van der Waals surface area contributed by atoms with Crippen molar-refractivity contribution in [1.82, 2.24) is 20.2 Å². The zero-order chi connectivity index (χ0) is 26.2. The first kappa shape index (κ1) is 24.2. The maximum atomic E-state index is 14.2. The van der Waals surface area contributed by atoms with Crippen LogP contribution in [0.25, 0.3) is 22.2 Å². The number of nitrogens with zero attached hydrogens (tertiary/aromatic N) is 3. The highest BCUT2D eigenvalue weighted by molar-refractivity contribution is 7.92. The smallest absolute Gasteiger partial charge is 0.264 e. The second-order valence-corrected chi connectivity index (χ2v) is 9.96. The normalized spacial score (nSPS) is 11.5. The van der Waals surface area contributed by atoms with Crippen molar-refractivity contribution in [3.05, 3.63) is 83.9 Å². The molecule has 0 fully saturated rings. The molecule has 0 aliphatic heterocycles. The first-order chi connectivity index (χ1) is 17.7. The topological polar surface area (TPSA) is 119 Å². The van der Waals surface area contributed by atoms with Crippen molar-refractivity contribution in [2.24, 2.45) is 0 Å². The van der Waals surface area contributed by atoms with Gasteiger partial charge in [0.2, 0.25) is 11.8 Å². The van der Waals surface area contributed by atoms with Gasteiger partial charge in [-0.2, -0.15) is 5.10 Å². The number of aromatic amines is 1. The third-order valence-electron chi connectivity index (χ3n) is 5.62. The maximum Gasteiger partial charge on any atom is 0.264 e. The molecule has 5 aromatic rings. The number of rotatable bonds is 7. The van der Waals surface area contributed by atoms with E-state index in [0.29, 0.717) is 39.8 Å². The predicted molar refractivity (Wildman–Crippen MR) is 137 cm³/mol. The molecule has 9 nitrogen and oxygen atoms in total. The number of ether oxygens (including phenoxy) is 2. The number of aryl methyl sites for hydroxylation is 2. The second-order valence-electron chi connectivity index (χ2n) is 8.31. The number of aromatic nitrogens is 4. The van der Waals surface area contributed by atoms with Gasteiger partial charge in [-0.3, -0.25) is 9.82 Å². The van der Waals surface area contributed by atoms with Gasteiger partial charge in [-0.05, 0) is 55.8 Å². The molecule has 0 radical (unpaired) electrons. The average Bonchev–Trinajstić information content (AvgIpc) is 3.26. The first-order valence-corrected chi connectivity index (χ1v) is 12.6. The minimum absolute atomic E-state index is 0.279. The van der Waals surface area contributed by atoms with Crippen LogP contribution in [0.2, 0.25) is 0 Å². The fraction of sp³-hybridized carbons (Fsp3) is 0.115. The standard InChI is InChI=1S/C26H22FN5O4S/c1-15-4-9-20(27)23(12-15)37(33,34)32-18-7-5-17(6-8-18)21-14-22-25(16(2)30-31-22)26(29-21)36-19-10-11-28-24(13-19)35-3/h4-14,32H,1-3H3,(H,30,31). The van der Waals surface area contributed by atoms with Crippen molar-refractivity contribution >= 4 is 26.6 Å². The Morgan fingerprint density at radius 2 is 1.78 bits per heavy atom. The van der Waals surface area contributed by atoms with Crippen molar-refractivity contribution in [1.29, 1.82) is 0 Å². The molecule has 0 bridgehead atoms. The Labute approximate surface area is 212 Å². The van der Waals surface area contributed by atoms with Crippen LogP contribution in [0.3, 0.4) is 0 Å². The molecule has 11 heteroatoms. The van der Waals surface area contributed by atoms with Crippen LogP contribution in [0.1, 0.15) is 11.3 Å². The molecule has 0 unspecified atom stereocenters. The van der Waals surface area contributed by atoms with E-state index in [0.717, 1.165) is 17.1 Å². The second kappa shape index (κ2) is 9.51. The zero-order valence-electron chi connectivity index (χ0n) is 20.1. The largest absolute Gasteiger partial charge is 0.481 e. The Balaban J connectivity index is 1.46. The number of hydrogen-bond acceptors (Lipinski definition) is 7. The zero-order valence-corrected chi connectivity index (χ0v) is 20.9. The van der Waals surface area contributed by atoms with Crippen molar-refractivity contribution in [2.75, 3.05) is 11.8 Å². The molecule has 0 atom stereocenters. The van der Waals surface area contributed by atoms with E-state index < -0.39 is 20.7 Å². The van der Waals surface area contributed by atoms with Crippen molar-refractivity contribution in [3.63, 3.8) is 0 Å². The number of halogens is 1. The van der Waals surface area contributed by atoms with E-state index in [1.54, 1.807) is 55.6 Å². The van der Waals surface area contributed by atoms with E-state index in [9.17, 15) is 12.8 Å². The summed E-state index contributed by atoms with van der Waals surface area (Å²) in [5.74, 6) is 0.413. The Hall–Kier alpha value is -4.51. The van der Waals surface area contributed by atoms with E-state index in [1.165, 1.54) is 19.2 Å². The Morgan fingerprint density at radius 1 is 1.00 bits per heavy atom. The quantitative estimate of drug-likeness (QED) is 0.296. The third-order valence-corrected chi connectivity index (χ3v) is 7.02. The summed E-state index contributed by atoms with van der Waals surface area (Å²) in [6.07, 6.45) is 1.57. The molecule has 2 aromatic carbocycles. The molecule has 0 spiro atoms. The summed E-state index contributed by atoms with van der Waals surface area (Å²) in [4.78, 5) is 8.37. The Kier molecular flexibility index (Phi) is 6.22. The van der Waals surface area contributed by atoms with Crippen molar-refractivity contribution < 1.29 is 22.3 Å². The van der Waals surface area contributed by atoms with Gasteiger partial charge in [0, 0.05) is 29.2 Å².